The van der Waals surface area contributed by atoms with E-state index < -0.39 is 0 Å². The van der Waals surface area contributed by atoms with Crippen molar-refractivity contribution < 1.29 is 4.79 Å². The van der Waals surface area contributed by atoms with Crippen LogP contribution in [0.25, 0.3) is 0 Å². The van der Waals surface area contributed by atoms with Crippen LogP contribution in [0.2, 0.25) is 0 Å². The van der Waals surface area contributed by atoms with E-state index in [1.54, 1.807) is 18.3 Å². The van der Waals surface area contributed by atoms with E-state index in [1.807, 2.05) is 11.8 Å². The van der Waals surface area contributed by atoms with Crippen molar-refractivity contribution in [3.63, 3.8) is 0 Å². The smallest absolute Gasteiger partial charge is 0.272 e. The molecule has 0 atom stereocenters. The van der Waals surface area contributed by atoms with Crippen molar-refractivity contribution in [2.45, 2.75) is 27.2 Å². The van der Waals surface area contributed by atoms with Crippen LogP contribution in [-0.4, -0.2) is 53.4 Å². The van der Waals surface area contributed by atoms with Crippen molar-refractivity contribution in [3.8, 4) is 0 Å². The fourth-order valence-corrected chi connectivity index (χ4v) is 2.15. The molecule has 0 aliphatic rings. The van der Waals surface area contributed by atoms with Gasteiger partial charge in [0.15, 0.2) is 0 Å². The summed E-state index contributed by atoms with van der Waals surface area (Å²) >= 11 is 0. The zero-order valence-corrected chi connectivity index (χ0v) is 12.8. The minimum Gasteiger partial charge on any atom is -0.399 e. The lowest BCUT2D eigenvalue weighted by atomic mass is 10.2. The van der Waals surface area contributed by atoms with E-state index in [9.17, 15) is 4.79 Å². The Balaban J connectivity index is 2.55. The van der Waals surface area contributed by atoms with Gasteiger partial charge in [0.25, 0.3) is 5.91 Å². The molecule has 1 amide bonds. The molecule has 0 aromatic carbocycles. The first-order chi connectivity index (χ1) is 9.62. The van der Waals surface area contributed by atoms with Gasteiger partial charge in [-0.05, 0) is 45.1 Å². The van der Waals surface area contributed by atoms with Crippen LogP contribution in [0.4, 0.5) is 5.69 Å². The van der Waals surface area contributed by atoms with Crippen LogP contribution in [-0.2, 0) is 0 Å². The van der Waals surface area contributed by atoms with E-state index in [1.165, 1.54) is 0 Å². The average Bonchev–Trinajstić information content (AvgIpc) is 2.47. The summed E-state index contributed by atoms with van der Waals surface area (Å²) in [4.78, 5) is 20.6. The highest BCUT2D eigenvalue weighted by Gasteiger charge is 2.15. The highest BCUT2D eigenvalue weighted by molar-refractivity contribution is 5.93. The molecule has 1 aromatic heterocycles. The van der Waals surface area contributed by atoms with Gasteiger partial charge < -0.3 is 15.5 Å². The molecule has 5 heteroatoms. The molecule has 0 saturated carbocycles. The lowest BCUT2D eigenvalue weighted by Gasteiger charge is -2.23. The number of rotatable bonds is 8. The minimum atomic E-state index is -0.0423. The van der Waals surface area contributed by atoms with Gasteiger partial charge in [-0.2, -0.15) is 0 Å². The number of pyridine rings is 1. The van der Waals surface area contributed by atoms with Gasteiger partial charge >= 0.3 is 0 Å². The summed E-state index contributed by atoms with van der Waals surface area (Å²) in [6.07, 6.45) is 2.55. The maximum Gasteiger partial charge on any atom is 0.272 e. The molecule has 5 nitrogen and oxygen atoms in total. The highest BCUT2D eigenvalue weighted by atomic mass is 16.2. The molecule has 1 heterocycles. The van der Waals surface area contributed by atoms with Crippen LogP contribution >= 0.6 is 0 Å². The van der Waals surface area contributed by atoms with E-state index in [0.29, 0.717) is 17.9 Å². The van der Waals surface area contributed by atoms with E-state index in [2.05, 4.69) is 23.7 Å². The maximum atomic E-state index is 12.3. The summed E-state index contributed by atoms with van der Waals surface area (Å²) in [7, 11) is 0. The van der Waals surface area contributed by atoms with Gasteiger partial charge in [0.1, 0.15) is 5.69 Å². The zero-order chi connectivity index (χ0) is 15.0. The second-order valence-electron chi connectivity index (χ2n) is 4.74. The largest absolute Gasteiger partial charge is 0.399 e. The van der Waals surface area contributed by atoms with Gasteiger partial charge in [-0.1, -0.05) is 13.8 Å². The predicted molar refractivity (Wildman–Crippen MR) is 82.6 cm³/mol. The molecule has 0 saturated heterocycles. The number of carbonyl (C=O) groups excluding carboxylic acids is 1. The first-order valence-corrected chi connectivity index (χ1v) is 7.35. The monoisotopic (exact) mass is 278 g/mol. The molecule has 0 aliphatic heterocycles. The van der Waals surface area contributed by atoms with Crippen molar-refractivity contribution in [2.24, 2.45) is 0 Å². The molecule has 0 bridgehead atoms. The molecule has 20 heavy (non-hydrogen) atoms. The lowest BCUT2D eigenvalue weighted by molar-refractivity contribution is 0.0751. The third-order valence-corrected chi connectivity index (χ3v) is 3.47. The summed E-state index contributed by atoms with van der Waals surface area (Å²) in [5.41, 5.74) is 6.69. The van der Waals surface area contributed by atoms with Crippen molar-refractivity contribution in [1.82, 2.24) is 14.8 Å². The Bertz CT molecular complexity index is 418. The Morgan fingerprint density at radius 3 is 2.45 bits per heavy atom. The maximum absolute atomic E-state index is 12.3. The van der Waals surface area contributed by atoms with Gasteiger partial charge in [0.05, 0.1) is 0 Å². The van der Waals surface area contributed by atoms with Crippen molar-refractivity contribution in [2.75, 3.05) is 38.5 Å². The van der Waals surface area contributed by atoms with E-state index >= 15 is 0 Å². The third kappa shape index (κ3) is 4.81. The number of carbonyl (C=O) groups is 1. The second-order valence-corrected chi connectivity index (χ2v) is 4.74. The number of nitrogens with two attached hydrogens (primary N) is 1. The molecule has 0 aliphatic carbocycles. The summed E-state index contributed by atoms with van der Waals surface area (Å²) in [5.74, 6) is -0.0423. The first kappa shape index (κ1) is 16.4. The van der Waals surface area contributed by atoms with E-state index in [0.717, 1.165) is 32.6 Å². The summed E-state index contributed by atoms with van der Waals surface area (Å²) in [6.45, 7) is 10.9. The van der Waals surface area contributed by atoms with Crippen molar-refractivity contribution in [3.05, 3.63) is 24.0 Å². The summed E-state index contributed by atoms with van der Waals surface area (Å²) < 4.78 is 0. The van der Waals surface area contributed by atoms with Gasteiger partial charge in [-0.15, -0.1) is 0 Å². The lowest BCUT2D eigenvalue weighted by Crippen LogP contribution is -2.34. The number of hydrogen-bond donors (Lipinski definition) is 1. The Morgan fingerprint density at radius 2 is 1.90 bits per heavy atom. The molecular weight excluding hydrogens is 252 g/mol. The Labute approximate surface area is 121 Å². The summed E-state index contributed by atoms with van der Waals surface area (Å²) in [6, 6.07) is 3.32. The molecule has 1 aromatic rings. The number of amides is 1. The van der Waals surface area contributed by atoms with Crippen LogP contribution < -0.4 is 5.73 Å². The van der Waals surface area contributed by atoms with Crippen LogP contribution in [0, 0.1) is 0 Å². The topological polar surface area (TPSA) is 62.5 Å². The van der Waals surface area contributed by atoms with Gasteiger partial charge in [0.2, 0.25) is 0 Å². The predicted octanol–water partition coefficient (Wildman–Crippen LogP) is 1.86. The quantitative estimate of drug-likeness (QED) is 0.788. The standard InChI is InChI=1S/C15H26N4O/c1-4-18(5-2)10-7-11-19(6-3)15(20)14-12-13(16)8-9-17-14/h8-9,12H,4-7,10-11H2,1-3H3,(H2,16,17). The van der Waals surface area contributed by atoms with E-state index in [4.69, 9.17) is 5.73 Å². The molecule has 0 unspecified atom stereocenters. The number of anilines is 1. The fourth-order valence-electron chi connectivity index (χ4n) is 2.15. The number of hydrogen-bond acceptors (Lipinski definition) is 4. The number of aromatic nitrogens is 1. The van der Waals surface area contributed by atoms with Gasteiger partial charge in [-0.25, -0.2) is 0 Å². The van der Waals surface area contributed by atoms with E-state index in [-0.39, 0.29) is 5.91 Å². The second kappa shape index (κ2) is 8.53. The van der Waals surface area contributed by atoms with Gasteiger partial charge in [0, 0.05) is 25.0 Å². The number of nitrogen functional groups attached to an aromatic ring is 1. The average molecular weight is 278 g/mol. The molecule has 112 valence electrons. The minimum absolute atomic E-state index is 0.0423. The van der Waals surface area contributed by atoms with Crippen molar-refractivity contribution in [1.29, 1.82) is 0 Å². The molecular formula is C15H26N4O. The first-order valence-electron chi connectivity index (χ1n) is 7.35. The van der Waals surface area contributed by atoms with Crippen LogP contribution in [0.15, 0.2) is 18.3 Å². The molecule has 0 radical (unpaired) electrons. The molecule has 1 rings (SSSR count). The molecule has 2 N–H and O–H groups in total. The van der Waals surface area contributed by atoms with Crippen molar-refractivity contribution >= 4 is 11.6 Å². The zero-order valence-electron chi connectivity index (χ0n) is 12.8. The Kier molecular flexibility index (Phi) is 7.01. The molecule has 0 spiro atoms. The van der Waals surface area contributed by atoms with Crippen LogP contribution in [0.1, 0.15) is 37.7 Å². The normalized spacial score (nSPS) is 10.8. The van der Waals surface area contributed by atoms with Crippen LogP contribution in [0.3, 0.4) is 0 Å². The van der Waals surface area contributed by atoms with Gasteiger partial charge in [-0.3, -0.25) is 9.78 Å². The number of nitrogens with zero attached hydrogens (tertiary/aromatic N) is 3. The molecule has 0 fully saturated rings. The SMILES string of the molecule is CCN(CC)CCCN(CC)C(=O)c1cc(N)ccn1. The highest BCUT2D eigenvalue weighted by Crippen LogP contribution is 2.07. The Hall–Kier alpha value is -1.62. The van der Waals surface area contributed by atoms with Crippen LogP contribution in [0.5, 0.6) is 0 Å². The fraction of sp³-hybridized carbons (Fsp3) is 0.600. The summed E-state index contributed by atoms with van der Waals surface area (Å²) in [5, 5.41) is 0. The third-order valence-electron chi connectivity index (χ3n) is 3.47. The Morgan fingerprint density at radius 1 is 1.20 bits per heavy atom.